The van der Waals surface area contributed by atoms with Gasteiger partial charge in [0, 0.05) is 0 Å². The van der Waals surface area contributed by atoms with E-state index in [0.29, 0.717) is 18.1 Å². The Balaban J connectivity index is 2.19. The topological polar surface area (TPSA) is 47.9 Å². The fourth-order valence-electron chi connectivity index (χ4n) is 1.92. The van der Waals surface area contributed by atoms with Gasteiger partial charge in [0.1, 0.15) is 12.4 Å². The van der Waals surface area contributed by atoms with E-state index in [1.54, 1.807) is 20.3 Å². The molecule has 2 aromatic rings. The number of hydrogen-bond donors (Lipinski definition) is 1. The van der Waals surface area contributed by atoms with Crippen LogP contribution < -0.4 is 14.2 Å². The predicted octanol–water partition coefficient (Wildman–Crippen LogP) is 3.54. The molecule has 0 heterocycles. The van der Waals surface area contributed by atoms with Crippen molar-refractivity contribution in [3.05, 3.63) is 52.0 Å². The molecule has 1 N–H and O–H groups in total. The van der Waals surface area contributed by atoms with E-state index >= 15 is 0 Å². The van der Waals surface area contributed by atoms with Crippen molar-refractivity contribution in [2.45, 2.75) is 13.2 Å². The molecule has 0 spiro atoms. The lowest BCUT2D eigenvalue weighted by Crippen LogP contribution is -2.00. The molecule has 0 aliphatic carbocycles. The smallest absolute Gasteiger partial charge is 0.175 e. The zero-order valence-corrected chi connectivity index (χ0v) is 13.5. The fraction of sp³-hybridized carbons (Fsp3) is 0.250. The summed E-state index contributed by atoms with van der Waals surface area (Å²) in [5.74, 6) is 1.98. The van der Waals surface area contributed by atoms with E-state index in [2.05, 4.69) is 15.9 Å². The monoisotopic (exact) mass is 352 g/mol. The Labute approximate surface area is 132 Å². The molecule has 21 heavy (non-hydrogen) atoms. The lowest BCUT2D eigenvalue weighted by atomic mass is 10.2. The van der Waals surface area contributed by atoms with E-state index < -0.39 is 0 Å². The van der Waals surface area contributed by atoms with Gasteiger partial charge < -0.3 is 19.3 Å². The number of methoxy groups -OCH3 is 2. The molecule has 0 aromatic heterocycles. The van der Waals surface area contributed by atoms with E-state index in [1.807, 2.05) is 30.3 Å². The van der Waals surface area contributed by atoms with Crippen LogP contribution in [0.2, 0.25) is 0 Å². The number of aliphatic hydroxyl groups excluding tert-OH is 1. The van der Waals surface area contributed by atoms with Gasteiger partial charge in [0.15, 0.2) is 11.5 Å². The highest BCUT2D eigenvalue weighted by Crippen LogP contribution is 2.37. The van der Waals surface area contributed by atoms with Crippen LogP contribution in [0, 0.1) is 0 Å². The summed E-state index contributed by atoms with van der Waals surface area (Å²) in [6, 6.07) is 11.2. The number of hydrogen-bond acceptors (Lipinski definition) is 4. The average molecular weight is 353 g/mol. The van der Waals surface area contributed by atoms with Gasteiger partial charge in [0.25, 0.3) is 0 Å². The second kappa shape index (κ2) is 7.33. The predicted molar refractivity (Wildman–Crippen MR) is 83.9 cm³/mol. The molecule has 112 valence electrons. The van der Waals surface area contributed by atoms with Crippen LogP contribution in [0.5, 0.6) is 17.2 Å². The summed E-state index contributed by atoms with van der Waals surface area (Å²) in [7, 11) is 3.20. The molecule has 0 unspecified atom stereocenters. The number of benzene rings is 2. The fourth-order valence-corrected chi connectivity index (χ4v) is 2.53. The van der Waals surface area contributed by atoms with Crippen molar-refractivity contribution in [3.63, 3.8) is 0 Å². The van der Waals surface area contributed by atoms with Gasteiger partial charge in [-0.2, -0.15) is 0 Å². The Morgan fingerprint density at radius 2 is 1.86 bits per heavy atom. The zero-order chi connectivity index (χ0) is 15.2. The largest absolute Gasteiger partial charge is 0.497 e. The highest BCUT2D eigenvalue weighted by molar-refractivity contribution is 9.10. The van der Waals surface area contributed by atoms with Crippen molar-refractivity contribution in [3.8, 4) is 17.2 Å². The lowest BCUT2D eigenvalue weighted by molar-refractivity contribution is 0.272. The van der Waals surface area contributed by atoms with Crippen molar-refractivity contribution in [1.82, 2.24) is 0 Å². The Morgan fingerprint density at radius 3 is 2.52 bits per heavy atom. The van der Waals surface area contributed by atoms with Crippen LogP contribution in [-0.4, -0.2) is 19.3 Å². The molecular weight excluding hydrogens is 336 g/mol. The summed E-state index contributed by atoms with van der Waals surface area (Å²) in [4.78, 5) is 0. The van der Waals surface area contributed by atoms with Crippen LogP contribution in [0.25, 0.3) is 0 Å². The third-order valence-corrected chi connectivity index (χ3v) is 3.58. The van der Waals surface area contributed by atoms with E-state index in [-0.39, 0.29) is 6.61 Å². The first-order chi connectivity index (χ1) is 10.2. The van der Waals surface area contributed by atoms with E-state index in [1.165, 1.54) is 0 Å². The van der Waals surface area contributed by atoms with Crippen molar-refractivity contribution < 1.29 is 19.3 Å². The second-order valence-electron chi connectivity index (χ2n) is 4.41. The Kier molecular flexibility index (Phi) is 5.47. The molecule has 0 fully saturated rings. The Hall–Kier alpha value is -1.72. The first-order valence-corrected chi connectivity index (χ1v) is 7.20. The molecule has 0 saturated heterocycles. The van der Waals surface area contributed by atoms with Crippen LogP contribution in [0.3, 0.4) is 0 Å². The molecule has 0 aliphatic heterocycles. The molecule has 0 saturated carbocycles. The molecule has 5 heteroatoms. The summed E-state index contributed by atoms with van der Waals surface area (Å²) in [6.07, 6.45) is 0. The number of aliphatic hydroxyl groups is 1. The van der Waals surface area contributed by atoms with Gasteiger partial charge in [-0.1, -0.05) is 12.1 Å². The molecule has 4 nitrogen and oxygen atoms in total. The zero-order valence-electron chi connectivity index (χ0n) is 11.9. The van der Waals surface area contributed by atoms with Crippen molar-refractivity contribution in [2.24, 2.45) is 0 Å². The van der Waals surface area contributed by atoms with Gasteiger partial charge in [0.2, 0.25) is 0 Å². The molecular formula is C16H17BrO4. The van der Waals surface area contributed by atoms with E-state index in [9.17, 15) is 5.11 Å². The molecule has 0 bridgehead atoms. The third kappa shape index (κ3) is 3.89. The summed E-state index contributed by atoms with van der Waals surface area (Å²) in [6.45, 7) is 0.343. The first kappa shape index (κ1) is 15.7. The Morgan fingerprint density at radius 1 is 1.05 bits per heavy atom. The first-order valence-electron chi connectivity index (χ1n) is 6.41. The van der Waals surface area contributed by atoms with Gasteiger partial charge in [-0.3, -0.25) is 0 Å². The van der Waals surface area contributed by atoms with Gasteiger partial charge in [-0.25, -0.2) is 0 Å². The van der Waals surface area contributed by atoms with Crippen LogP contribution in [0.15, 0.2) is 40.9 Å². The van der Waals surface area contributed by atoms with Crippen molar-refractivity contribution >= 4 is 15.9 Å². The number of rotatable bonds is 6. The van der Waals surface area contributed by atoms with Crippen LogP contribution in [0.4, 0.5) is 0 Å². The maximum Gasteiger partial charge on any atom is 0.175 e. The standard InChI is InChI=1S/C16H17BrO4/c1-19-13-5-3-4-11(6-13)10-21-16-14(17)7-12(9-18)8-15(16)20-2/h3-8,18H,9-10H2,1-2H3. The van der Waals surface area contributed by atoms with Gasteiger partial charge in [-0.15, -0.1) is 0 Å². The molecule has 0 aliphatic rings. The summed E-state index contributed by atoms with van der Waals surface area (Å²) < 4.78 is 17.1. The van der Waals surface area contributed by atoms with Crippen LogP contribution >= 0.6 is 15.9 Å². The molecule has 0 atom stereocenters. The van der Waals surface area contributed by atoms with Crippen LogP contribution in [0.1, 0.15) is 11.1 Å². The maximum atomic E-state index is 9.21. The number of ether oxygens (including phenoxy) is 3. The second-order valence-corrected chi connectivity index (χ2v) is 5.26. The SMILES string of the molecule is COc1cccc(COc2c(Br)cc(CO)cc2OC)c1. The average Bonchev–Trinajstić information content (AvgIpc) is 2.53. The molecule has 0 radical (unpaired) electrons. The lowest BCUT2D eigenvalue weighted by Gasteiger charge is -2.14. The summed E-state index contributed by atoms with van der Waals surface area (Å²) >= 11 is 3.44. The quantitative estimate of drug-likeness (QED) is 0.863. The highest BCUT2D eigenvalue weighted by atomic mass is 79.9. The van der Waals surface area contributed by atoms with Crippen molar-refractivity contribution in [1.29, 1.82) is 0 Å². The molecule has 2 aromatic carbocycles. The normalized spacial score (nSPS) is 10.3. The van der Waals surface area contributed by atoms with Gasteiger partial charge in [0.05, 0.1) is 25.3 Å². The van der Waals surface area contributed by atoms with Crippen LogP contribution in [-0.2, 0) is 13.2 Å². The highest BCUT2D eigenvalue weighted by Gasteiger charge is 2.12. The minimum atomic E-state index is -0.0505. The van der Waals surface area contributed by atoms with Crippen molar-refractivity contribution in [2.75, 3.05) is 14.2 Å². The van der Waals surface area contributed by atoms with E-state index in [4.69, 9.17) is 14.2 Å². The maximum absolute atomic E-state index is 9.21. The third-order valence-electron chi connectivity index (χ3n) is 2.99. The molecule has 2 rings (SSSR count). The van der Waals surface area contributed by atoms with E-state index in [0.717, 1.165) is 21.3 Å². The minimum absolute atomic E-state index is 0.0505. The minimum Gasteiger partial charge on any atom is -0.497 e. The summed E-state index contributed by atoms with van der Waals surface area (Å²) in [5, 5.41) is 9.21. The Bertz CT molecular complexity index is 613. The summed E-state index contributed by atoms with van der Waals surface area (Å²) in [5.41, 5.74) is 1.75. The van der Waals surface area contributed by atoms with Gasteiger partial charge >= 0.3 is 0 Å². The molecule has 0 amide bonds. The number of halogens is 1. The van der Waals surface area contributed by atoms with Gasteiger partial charge in [-0.05, 0) is 51.3 Å².